The number of halogens is 1. The molecule has 2 aromatic carbocycles. The normalized spacial score (nSPS) is 15.1. The zero-order chi connectivity index (χ0) is 18.5. The van der Waals surface area contributed by atoms with E-state index in [4.69, 9.17) is 11.6 Å². The van der Waals surface area contributed by atoms with Crippen LogP contribution in [0.1, 0.15) is 30.7 Å². The molecule has 4 rings (SSSR count). The third-order valence-electron chi connectivity index (χ3n) is 4.84. The van der Waals surface area contributed by atoms with E-state index in [0.717, 1.165) is 52.6 Å². The summed E-state index contributed by atoms with van der Waals surface area (Å²) in [6.45, 7) is 3.13. The molecule has 27 heavy (non-hydrogen) atoms. The molecule has 0 amide bonds. The molecule has 1 aliphatic heterocycles. The molecule has 1 saturated heterocycles. The highest BCUT2D eigenvalue weighted by molar-refractivity contribution is 7.98. The summed E-state index contributed by atoms with van der Waals surface area (Å²) >= 11 is 8.00. The molecule has 0 atom stereocenters. The van der Waals surface area contributed by atoms with Crippen molar-refractivity contribution in [3.63, 3.8) is 0 Å². The van der Waals surface area contributed by atoms with Crippen molar-refractivity contribution in [3.05, 3.63) is 71.0 Å². The van der Waals surface area contributed by atoms with E-state index in [0.29, 0.717) is 0 Å². The zero-order valence-corrected chi connectivity index (χ0v) is 16.8. The van der Waals surface area contributed by atoms with E-state index in [1.807, 2.05) is 24.3 Å². The Morgan fingerprint density at radius 1 is 0.889 bits per heavy atom. The second-order valence-electron chi connectivity index (χ2n) is 6.79. The van der Waals surface area contributed by atoms with Crippen molar-refractivity contribution in [1.82, 2.24) is 19.7 Å². The van der Waals surface area contributed by atoms with Crippen LogP contribution in [-0.2, 0) is 12.3 Å². The molecular weight excluding hydrogens is 376 g/mol. The quantitative estimate of drug-likeness (QED) is 0.534. The lowest BCUT2D eigenvalue weighted by molar-refractivity contribution is 0.214. The average molecular weight is 399 g/mol. The molecule has 6 heteroatoms. The monoisotopic (exact) mass is 398 g/mol. The summed E-state index contributed by atoms with van der Waals surface area (Å²) in [7, 11) is 0. The fraction of sp³-hybridized carbons (Fsp3) is 0.333. The molecule has 140 valence electrons. The molecule has 3 aromatic rings. The number of hydrogen-bond donors (Lipinski definition) is 0. The predicted octanol–water partition coefficient (Wildman–Crippen LogP) is 5.20. The van der Waals surface area contributed by atoms with Crippen LogP contribution in [0.15, 0.2) is 59.8 Å². The molecule has 1 aliphatic rings. The second kappa shape index (κ2) is 8.91. The maximum atomic E-state index is 6.32. The van der Waals surface area contributed by atoms with Crippen molar-refractivity contribution >= 4 is 23.4 Å². The number of hydrogen-bond acceptors (Lipinski definition) is 4. The minimum Gasteiger partial charge on any atom is -0.296 e. The third kappa shape index (κ3) is 4.54. The molecule has 0 aliphatic carbocycles. The number of piperidine rings is 1. The molecule has 2 heterocycles. The van der Waals surface area contributed by atoms with E-state index in [-0.39, 0.29) is 0 Å². The Bertz CT molecular complexity index is 875. The van der Waals surface area contributed by atoms with Gasteiger partial charge in [-0.25, -0.2) is 0 Å². The van der Waals surface area contributed by atoms with Gasteiger partial charge >= 0.3 is 0 Å². The van der Waals surface area contributed by atoms with Gasteiger partial charge in [-0.2, -0.15) is 0 Å². The van der Waals surface area contributed by atoms with Gasteiger partial charge < -0.3 is 0 Å². The van der Waals surface area contributed by atoms with Gasteiger partial charge in [0.25, 0.3) is 0 Å². The number of benzene rings is 2. The molecular formula is C21H23ClN4S. The maximum Gasteiger partial charge on any atom is 0.196 e. The molecule has 4 nitrogen and oxygen atoms in total. The second-order valence-corrected chi connectivity index (χ2v) is 8.14. The molecule has 0 spiro atoms. The van der Waals surface area contributed by atoms with Crippen molar-refractivity contribution in [2.24, 2.45) is 0 Å². The summed E-state index contributed by atoms with van der Waals surface area (Å²) < 4.78 is 2.19. The maximum absolute atomic E-state index is 6.32. The molecule has 0 bridgehead atoms. The Kier molecular flexibility index (Phi) is 6.12. The Balaban J connectivity index is 1.59. The highest BCUT2D eigenvalue weighted by Crippen LogP contribution is 2.28. The fourth-order valence-electron chi connectivity index (χ4n) is 3.41. The van der Waals surface area contributed by atoms with Gasteiger partial charge in [-0.3, -0.25) is 9.47 Å². The van der Waals surface area contributed by atoms with Gasteiger partial charge in [0.1, 0.15) is 0 Å². The number of aromatic nitrogens is 3. The minimum absolute atomic E-state index is 0.772. The van der Waals surface area contributed by atoms with Crippen molar-refractivity contribution in [3.8, 4) is 5.69 Å². The lowest BCUT2D eigenvalue weighted by Gasteiger charge is -2.26. The number of thioether (sulfide) groups is 1. The largest absolute Gasteiger partial charge is 0.296 e. The minimum atomic E-state index is 0.772. The lowest BCUT2D eigenvalue weighted by Crippen LogP contribution is -2.30. The van der Waals surface area contributed by atoms with Crippen LogP contribution in [0, 0.1) is 0 Å². The third-order valence-corrected chi connectivity index (χ3v) is 6.19. The van der Waals surface area contributed by atoms with E-state index >= 15 is 0 Å². The summed E-state index contributed by atoms with van der Waals surface area (Å²) in [4.78, 5) is 2.48. The summed E-state index contributed by atoms with van der Waals surface area (Å²) in [6, 6.07) is 18.4. The summed E-state index contributed by atoms with van der Waals surface area (Å²) in [5.74, 6) is 1.78. The molecule has 0 N–H and O–H groups in total. The highest BCUT2D eigenvalue weighted by atomic mass is 35.5. The first kappa shape index (κ1) is 18.5. The van der Waals surface area contributed by atoms with Crippen molar-refractivity contribution in [1.29, 1.82) is 0 Å². The van der Waals surface area contributed by atoms with Gasteiger partial charge in [-0.05, 0) is 49.7 Å². The standard InChI is InChI=1S/C21H23ClN4S/c22-19-12-6-5-9-17(19)16-27-21-24-23-20(15-25-13-7-2-8-14-25)26(21)18-10-3-1-4-11-18/h1,3-6,9-12H,2,7-8,13-16H2. The first-order chi connectivity index (χ1) is 13.3. The first-order valence-electron chi connectivity index (χ1n) is 9.39. The summed E-state index contributed by atoms with van der Waals surface area (Å²) in [5, 5.41) is 10.8. The van der Waals surface area contributed by atoms with Gasteiger partial charge in [-0.15, -0.1) is 10.2 Å². The number of nitrogens with zero attached hydrogens (tertiary/aromatic N) is 4. The SMILES string of the molecule is Clc1ccccc1CSc1nnc(CN2CCCCC2)n1-c1ccccc1. The summed E-state index contributed by atoms with van der Waals surface area (Å²) in [5.41, 5.74) is 2.22. The molecule has 0 radical (unpaired) electrons. The number of para-hydroxylation sites is 1. The van der Waals surface area contributed by atoms with E-state index in [1.165, 1.54) is 19.3 Å². The van der Waals surface area contributed by atoms with E-state index in [1.54, 1.807) is 11.8 Å². The van der Waals surface area contributed by atoms with Crippen LogP contribution in [0.5, 0.6) is 0 Å². The van der Waals surface area contributed by atoms with Crippen LogP contribution in [0.25, 0.3) is 5.69 Å². The lowest BCUT2D eigenvalue weighted by atomic mass is 10.1. The van der Waals surface area contributed by atoms with Crippen LogP contribution in [0.2, 0.25) is 5.02 Å². The van der Waals surface area contributed by atoms with Crippen LogP contribution >= 0.6 is 23.4 Å². The van der Waals surface area contributed by atoms with Crippen molar-refractivity contribution in [2.45, 2.75) is 36.7 Å². The van der Waals surface area contributed by atoms with E-state index in [2.05, 4.69) is 50.0 Å². The van der Waals surface area contributed by atoms with Gasteiger partial charge in [0.05, 0.1) is 6.54 Å². The smallest absolute Gasteiger partial charge is 0.196 e. The molecule has 0 unspecified atom stereocenters. The van der Waals surface area contributed by atoms with Crippen LogP contribution < -0.4 is 0 Å². The van der Waals surface area contributed by atoms with Crippen LogP contribution in [0.4, 0.5) is 0 Å². The Labute approximate surface area is 169 Å². The first-order valence-corrected chi connectivity index (χ1v) is 10.8. The Hall–Kier alpha value is -1.82. The van der Waals surface area contributed by atoms with E-state index < -0.39 is 0 Å². The molecule has 1 aromatic heterocycles. The van der Waals surface area contributed by atoms with E-state index in [9.17, 15) is 0 Å². The van der Waals surface area contributed by atoms with Crippen molar-refractivity contribution in [2.75, 3.05) is 13.1 Å². The van der Waals surface area contributed by atoms with Gasteiger partial charge in [0.2, 0.25) is 0 Å². The number of rotatable bonds is 6. The van der Waals surface area contributed by atoms with Gasteiger partial charge in [0, 0.05) is 16.5 Å². The number of likely N-dealkylation sites (tertiary alicyclic amines) is 1. The van der Waals surface area contributed by atoms with Gasteiger partial charge in [-0.1, -0.05) is 66.2 Å². The van der Waals surface area contributed by atoms with Crippen LogP contribution in [-0.4, -0.2) is 32.8 Å². The van der Waals surface area contributed by atoms with Crippen LogP contribution in [0.3, 0.4) is 0 Å². The Morgan fingerprint density at radius 3 is 2.41 bits per heavy atom. The molecule has 0 saturated carbocycles. The van der Waals surface area contributed by atoms with Gasteiger partial charge in [0.15, 0.2) is 11.0 Å². The Morgan fingerprint density at radius 2 is 1.63 bits per heavy atom. The zero-order valence-electron chi connectivity index (χ0n) is 15.2. The average Bonchev–Trinajstić information content (AvgIpc) is 3.11. The van der Waals surface area contributed by atoms with Crippen molar-refractivity contribution < 1.29 is 0 Å². The molecule has 1 fully saturated rings. The summed E-state index contributed by atoms with van der Waals surface area (Å²) in [6.07, 6.45) is 3.88. The fourth-order valence-corrected chi connectivity index (χ4v) is 4.66. The highest BCUT2D eigenvalue weighted by Gasteiger charge is 2.19. The predicted molar refractivity (Wildman–Crippen MR) is 112 cm³/mol. The topological polar surface area (TPSA) is 34.0 Å².